The minimum atomic E-state index is 1.27. The van der Waals surface area contributed by atoms with Crippen molar-refractivity contribution in [3.05, 3.63) is 0 Å². The first-order chi connectivity index (χ1) is 2.50. The lowest BCUT2D eigenvalue weighted by Gasteiger charge is -1.74. The summed E-state index contributed by atoms with van der Waals surface area (Å²) in [5, 5.41) is 0. The third-order valence-corrected chi connectivity index (χ3v) is 2.42. The summed E-state index contributed by atoms with van der Waals surface area (Å²) in [6, 6.07) is 0. The minimum Gasteiger partial charge on any atom is -0.208 e. The molecule has 0 unspecified atom stereocenters. The maximum Gasteiger partial charge on any atom is 0.0191 e. The summed E-state index contributed by atoms with van der Waals surface area (Å²) in [7, 11) is 0. The zero-order chi connectivity index (χ0) is 3.54. The van der Waals surface area contributed by atoms with Crippen LogP contribution >= 0.6 is 23.9 Å². The first-order valence-electron chi connectivity index (χ1n) is 1.49. The molecule has 0 radical (unpaired) electrons. The van der Waals surface area contributed by atoms with Crippen LogP contribution in [0.4, 0.5) is 0 Å². The Balaban J connectivity index is 2.08. The second-order valence-corrected chi connectivity index (χ2v) is 2.84. The summed E-state index contributed by atoms with van der Waals surface area (Å²) in [6.45, 7) is 0. The Bertz CT molecular complexity index is 19.2. The molecule has 0 amide bonds. The van der Waals surface area contributed by atoms with E-state index in [9.17, 15) is 0 Å². The Morgan fingerprint density at radius 2 is 1.80 bits per heavy atom. The van der Waals surface area contributed by atoms with Gasteiger partial charge in [-0.2, -0.15) is 0 Å². The van der Waals surface area contributed by atoms with Gasteiger partial charge in [-0.05, 0) is 0 Å². The molecule has 1 fully saturated rings. The molecular weight excluding hydrogens is 102 g/mol. The monoisotopic (exact) mass is 107 g/mol. The van der Waals surface area contributed by atoms with E-state index in [2.05, 4.69) is 4.13 Å². The average molecular weight is 107 g/mol. The minimum absolute atomic E-state index is 1.27. The second kappa shape index (κ2) is 1.95. The molecule has 1 saturated heterocycles. The van der Waals surface area contributed by atoms with E-state index in [1.165, 1.54) is 11.5 Å². The third kappa shape index (κ3) is 1.03. The molecular formula is C2H5NS2. The van der Waals surface area contributed by atoms with Crippen LogP contribution in [0.1, 0.15) is 0 Å². The van der Waals surface area contributed by atoms with E-state index >= 15 is 0 Å². The molecule has 3 heteroatoms. The fraction of sp³-hybridized carbons (Fsp3) is 1.00. The molecule has 1 aliphatic heterocycles. The van der Waals surface area contributed by atoms with Gasteiger partial charge in [0.1, 0.15) is 0 Å². The van der Waals surface area contributed by atoms with Crippen molar-refractivity contribution >= 4 is 23.9 Å². The van der Waals surface area contributed by atoms with Crippen molar-refractivity contribution in [1.82, 2.24) is 4.13 Å². The highest BCUT2D eigenvalue weighted by atomic mass is 32.2. The van der Waals surface area contributed by atoms with E-state index in [-0.39, 0.29) is 0 Å². The Hall–Kier alpha value is 0.660. The van der Waals surface area contributed by atoms with Gasteiger partial charge in [0.25, 0.3) is 0 Å². The zero-order valence-electron chi connectivity index (χ0n) is 2.73. The smallest absolute Gasteiger partial charge is 0.0191 e. The van der Waals surface area contributed by atoms with Gasteiger partial charge in [0.15, 0.2) is 0 Å². The molecule has 0 aliphatic carbocycles. The van der Waals surface area contributed by atoms with Crippen LogP contribution in [0.5, 0.6) is 0 Å². The molecule has 5 heavy (non-hydrogen) atoms. The molecule has 0 aromatic carbocycles. The number of hydrogen-bond acceptors (Lipinski definition) is 3. The van der Waals surface area contributed by atoms with E-state index in [0.717, 1.165) is 0 Å². The molecule has 0 bridgehead atoms. The van der Waals surface area contributed by atoms with Gasteiger partial charge in [-0.1, -0.05) is 23.9 Å². The van der Waals surface area contributed by atoms with Crippen molar-refractivity contribution in [3.63, 3.8) is 0 Å². The SMILES string of the molecule is C1CSNS1. The maximum atomic E-state index is 3.06. The maximum absolute atomic E-state index is 3.06. The van der Waals surface area contributed by atoms with Gasteiger partial charge in [-0.15, -0.1) is 0 Å². The Morgan fingerprint density at radius 1 is 1.20 bits per heavy atom. The first kappa shape index (κ1) is 3.84. The highest BCUT2D eigenvalue weighted by Crippen LogP contribution is 2.12. The van der Waals surface area contributed by atoms with Gasteiger partial charge in [0, 0.05) is 11.5 Å². The van der Waals surface area contributed by atoms with E-state index in [1.807, 2.05) is 0 Å². The number of hydrogen-bond donors (Lipinski definition) is 1. The van der Waals surface area contributed by atoms with Gasteiger partial charge in [-0.25, -0.2) is 4.13 Å². The van der Waals surface area contributed by atoms with Crippen LogP contribution in [0.2, 0.25) is 0 Å². The van der Waals surface area contributed by atoms with E-state index in [4.69, 9.17) is 0 Å². The van der Waals surface area contributed by atoms with Gasteiger partial charge in [0.2, 0.25) is 0 Å². The number of nitrogens with one attached hydrogen (secondary N) is 1. The van der Waals surface area contributed by atoms with Gasteiger partial charge < -0.3 is 0 Å². The second-order valence-electron chi connectivity index (χ2n) is 0.780. The Morgan fingerprint density at radius 3 is 2.00 bits per heavy atom. The van der Waals surface area contributed by atoms with Crippen molar-refractivity contribution in [2.24, 2.45) is 0 Å². The van der Waals surface area contributed by atoms with Gasteiger partial charge in [-0.3, -0.25) is 0 Å². The van der Waals surface area contributed by atoms with Crippen molar-refractivity contribution in [2.75, 3.05) is 11.5 Å². The molecule has 1 N–H and O–H groups in total. The Kier molecular flexibility index (Phi) is 1.50. The van der Waals surface area contributed by atoms with E-state index in [1.54, 1.807) is 23.9 Å². The van der Waals surface area contributed by atoms with Crippen LogP contribution in [0.3, 0.4) is 0 Å². The van der Waals surface area contributed by atoms with Crippen LogP contribution in [0.25, 0.3) is 0 Å². The van der Waals surface area contributed by atoms with Crippen LogP contribution in [0.15, 0.2) is 0 Å². The van der Waals surface area contributed by atoms with E-state index in [0.29, 0.717) is 0 Å². The predicted molar refractivity (Wildman–Crippen MR) is 28.1 cm³/mol. The Labute approximate surface area is 40.2 Å². The van der Waals surface area contributed by atoms with Crippen LogP contribution in [-0.2, 0) is 0 Å². The average Bonchev–Trinajstić information content (AvgIpc) is 1.76. The lowest BCUT2D eigenvalue weighted by Crippen LogP contribution is -1.72. The fourth-order valence-corrected chi connectivity index (χ4v) is 1.87. The molecule has 0 spiro atoms. The molecule has 0 atom stereocenters. The molecule has 1 nitrogen and oxygen atoms in total. The normalized spacial score (nSPS) is 24.0. The molecule has 0 saturated carbocycles. The summed E-state index contributed by atoms with van der Waals surface area (Å²) in [5.41, 5.74) is 0. The van der Waals surface area contributed by atoms with Crippen molar-refractivity contribution in [1.29, 1.82) is 0 Å². The first-order valence-corrected chi connectivity index (χ1v) is 3.46. The lowest BCUT2D eigenvalue weighted by atomic mass is 11.0. The molecule has 0 aromatic heterocycles. The fourth-order valence-electron chi connectivity index (χ4n) is 0.208. The molecule has 0 aromatic rings. The number of rotatable bonds is 0. The lowest BCUT2D eigenvalue weighted by molar-refractivity contribution is 1.59. The molecule has 1 aliphatic rings. The highest BCUT2D eigenvalue weighted by molar-refractivity contribution is 8.15. The topological polar surface area (TPSA) is 12.0 Å². The summed E-state index contributed by atoms with van der Waals surface area (Å²) in [5.74, 6) is 2.54. The van der Waals surface area contributed by atoms with Gasteiger partial charge in [0.05, 0.1) is 0 Å². The highest BCUT2D eigenvalue weighted by Gasteiger charge is 1.94. The van der Waals surface area contributed by atoms with Crippen LogP contribution in [0, 0.1) is 0 Å². The summed E-state index contributed by atoms with van der Waals surface area (Å²) < 4.78 is 3.06. The van der Waals surface area contributed by atoms with E-state index < -0.39 is 0 Å². The van der Waals surface area contributed by atoms with Crippen molar-refractivity contribution in [2.45, 2.75) is 0 Å². The zero-order valence-corrected chi connectivity index (χ0v) is 4.36. The summed E-state index contributed by atoms with van der Waals surface area (Å²) in [4.78, 5) is 0. The van der Waals surface area contributed by atoms with Crippen molar-refractivity contribution in [3.8, 4) is 0 Å². The molecule has 30 valence electrons. The molecule has 1 rings (SSSR count). The van der Waals surface area contributed by atoms with Crippen LogP contribution in [-0.4, -0.2) is 11.5 Å². The largest absolute Gasteiger partial charge is 0.208 e. The van der Waals surface area contributed by atoms with Crippen molar-refractivity contribution < 1.29 is 0 Å². The standard InChI is InChI=1S/C2H5NS2/c1-2-5-3-4-1/h3H,1-2H2. The predicted octanol–water partition coefficient (Wildman–Crippen LogP) is 0.886. The van der Waals surface area contributed by atoms with Crippen LogP contribution < -0.4 is 4.13 Å². The third-order valence-electron chi connectivity index (χ3n) is 0.405. The summed E-state index contributed by atoms with van der Waals surface area (Å²) >= 11 is 3.57. The van der Waals surface area contributed by atoms with Gasteiger partial charge >= 0.3 is 0 Å². The quantitative estimate of drug-likeness (QED) is 0.462. The summed E-state index contributed by atoms with van der Waals surface area (Å²) in [6.07, 6.45) is 0. The molecule has 1 heterocycles.